The topological polar surface area (TPSA) is 93.5 Å². The Bertz CT molecular complexity index is 507. The molecule has 1 rings (SSSR count). The average molecular weight is 321 g/mol. The number of amides is 2. The van der Waals surface area contributed by atoms with Crippen LogP contribution in [0.3, 0.4) is 0 Å². The van der Waals surface area contributed by atoms with Gasteiger partial charge in [-0.25, -0.2) is 4.79 Å². The summed E-state index contributed by atoms with van der Waals surface area (Å²) >= 11 is 0. The second-order valence-corrected chi connectivity index (χ2v) is 6.37. The number of ether oxygens (including phenoxy) is 1. The van der Waals surface area contributed by atoms with E-state index in [1.54, 1.807) is 0 Å². The van der Waals surface area contributed by atoms with E-state index in [4.69, 9.17) is 10.5 Å². The van der Waals surface area contributed by atoms with Crippen LogP contribution in [-0.4, -0.2) is 30.7 Å². The number of nitrogens with one attached hydrogen (secondary N) is 2. The van der Waals surface area contributed by atoms with Crippen molar-refractivity contribution >= 4 is 17.7 Å². The van der Waals surface area contributed by atoms with Gasteiger partial charge in [-0.1, -0.05) is 12.1 Å². The summed E-state index contributed by atoms with van der Waals surface area (Å²) in [6.07, 6.45) is 1.34. The Morgan fingerprint density at radius 1 is 1.09 bits per heavy atom. The molecule has 0 aliphatic heterocycles. The van der Waals surface area contributed by atoms with Crippen molar-refractivity contribution < 1.29 is 14.3 Å². The second kappa shape index (κ2) is 9.02. The number of nitrogens with two attached hydrogens (primary N) is 1. The van der Waals surface area contributed by atoms with E-state index in [9.17, 15) is 9.59 Å². The Hall–Kier alpha value is -2.24. The minimum absolute atomic E-state index is 0.000840. The first-order valence-corrected chi connectivity index (χ1v) is 7.84. The molecule has 1 aromatic carbocycles. The van der Waals surface area contributed by atoms with Gasteiger partial charge < -0.3 is 21.1 Å². The predicted molar refractivity (Wildman–Crippen MR) is 91.0 cm³/mol. The molecule has 0 saturated heterocycles. The van der Waals surface area contributed by atoms with Crippen LogP contribution < -0.4 is 16.4 Å². The highest BCUT2D eigenvalue weighted by Gasteiger charge is 2.15. The lowest BCUT2D eigenvalue weighted by Gasteiger charge is -2.19. The third kappa shape index (κ3) is 9.39. The molecule has 2 amide bonds. The maximum atomic E-state index is 11.7. The molecular formula is C17H27N3O3. The minimum Gasteiger partial charge on any atom is -0.444 e. The Balaban J connectivity index is 2.08. The summed E-state index contributed by atoms with van der Waals surface area (Å²) in [7, 11) is 0. The van der Waals surface area contributed by atoms with Crippen LogP contribution in [0, 0.1) is 0 Å². The van der Waals surface area contributed by atoms with Gasteiger partial charge in [-0.05, 0) is 51.3 Å². The van der Waals surface area contributed by atoms with Crippen LogP contribution in [0.2, 0.25) is 0 Å². The summed E-state index contributed by atoms with van der Waals surface area (Å²) in [6.45, 7) is 6.43. The first kappa shape index (κ1) is 18.8. The highest BCUT2D eigenvalue weighted by molar-refractivity contribution is 5.76. The summed E-state index contributed by atoms with van der Waals surface area (Å²) in [5, 5.41) is 5.48. The number of alkyl carbamates (subject to hydrolysis) is 1. The normalized spacial score (nSPS) is 10.9. The molecule has 1 aromatic rings. The van der Waals surface area contributed by atoms with Crippen LogP contribution in [-0.2, 0) is 16.0 Å². The zero-order valence-electron chi connectivity index (χ0n) is 14.1. The van der Waals surface area contributed by atoms with E-state index in [1.807, 2.05) is 45.0 Å². The van der Waals surface area contributed by atoms with Crippen molar-refractivity contribution in [2.75, 3.05) is 18.8 Å². The van der Waals surface area contributed by atoms with Crippen LogP contribution in [0.1, 0.15) is 39.2 Å². The Morgan fingerprint density at radius 3 is 2.30 bits per heavy atom. The number of carbonyl (C=O) groups excluding carboxylic acids is 2. The van der Waals surface area contributed by atoms with E-state index in [0.29, 0.717) is 32.4 Å². The molecule has 4 N–H and O–H groups in total. The lowest BCUT2D eigenvalue weighted by Crippen LogP contribution is -2.34. The summed E-state index contributed by atoms with van der Waals surface area (Å²) < 4.78 is 5.12. The molecule has 0 unspecified atom stereocenters. The fraction of sp³-hybridized carbons (Fsp3) is 0.529. The fourth-order valence-electron chi connectivity index (χ4n) is 1.85. The number of carbonyl (C=O) groups is 2. The molecule has 0 heterocycles. The molecule has 6 heteroatoms. The molecule has 0 spiro atoms. The van der Waals surface area contributed by atoms with Gasteiger partial charge >= 0.3 is 6.09 Å². The fourth-order valence-corrected chi connectivity index (χ4v) is 1.85. The number of anilines is 1. The number of nitrogen functional groups attached to an aromatic ring is 1. The zero-order valence-corrected chi connectivity index (χ0v) is 14.1. The Labute approximate surface area is 137 Å². The number of hydrogen-bond acceptors (Lipinski definition) is 4. The molecule has 23 heavy (non-hydrogen) atoms. The Kier molecular flexibility index (Phi) is 7.38. The van der Waals surface area contributed by atoms with Gasteiger partial charge in [-0.3, -0.25) is 4.79 Å². The van der Waals surface area contributed by atoms with Gasteiger partial charge in [0.1, 0.15) is 5.60 Å². The SMILES string of the molecule is CC(C)(C)OC(=O)NCCCNC(=O)CCc1ccc(N)cc1. The van der Waals surface area contributed by atoms with Crippen molar-refractivity contribution in [3.05, 3.63) is 29.8 Å². The van der Waals surface area contributed by atoms with E-state index in [-0.39, 0.29) is 5.91 Å². The Morgan fingerprint density at radius 2 is 1.70 bits per heavy atom. The standard InChI is InChI=1S/C17H27N3O3/c1-17(2,3)23-16(22)20-12-4-11-19-15(21)10-7-13-5-8-14(18)9-6-13/h5-6,8-9H,4,7,10-12,18H2,1-3H3,(H,19,21)(H,20,22). The first-order valence-electron chi connectivity index (χ1n) is 7.84. The van der Waals surface area contributed by atoms with Gasteiger partial charge in [0.05, 0.1) is 0 Å². The molecule has 0 saturated carbocycles. The maximum absolute atomic E-state index is 11.7. The second-order valence-electron chi connectivity index (χ2n) is 6.37. The van der Waals surface area contributed by atoms with Crippen LogP contribution >= 0.6 is 0 Å². The predicted octanol–water partition coefficient (Wildman–Crippen LogP) is 2.23. The molecule has 6 nitrogen and oxygen atoms in total. The van der Waals surface area contributed by atoms with Gasteiger partial charge in [0, 0.05) is 25.2 Å². The molecule has 0 aromatic heterocycles. The van der Waals surface area contributed by atoms with E-state index in [2.05, 4.69) is 10.6 Å². The van der Waals surface area contributed by atoms with Crippen LogP contribution in [0.5, 0.6) is 0 Å². The highest BCUT2D eigenvalue weighted by Crippen LogP contribution is 2.07. The molecule has 0 aliphatic rings. The van der Waals surface area contributed by atoms with Crippen molar-refractivity contribution in [1.29, 1.82) is 0 Å². The molecule has 0 radical (unpaired) electrons. The summed E-state index contributed by atoms with van der Waals surface area (Å²) in [4.78, 5) is 23.1. The summed E-state index contributed by atoms with van der Waals surface area (Å²) in [6, 6.07) is 7.51. The van der Waals surface area contributed by atoms with Crippen molar-refractivity contribution in [2.24, 2.45) is 0 Å². The van der Waals surface area contributed by atoms with Gasteiger partial charge in [0.15, 0.2) is 0 Å². The smallest absolute Gasteiger partial charge is 0.407 e. The van der Waals surface area contributed by atoms with Crippen LogP contribution in [0.15, 0.2) is 24.3 Å². The number of benzene rings is 1. The van der Waals surface area contributed by atoms with Crippen molar-refractivity contribution in [3.63, 3.8) is 0 Å². The first-order chi connectivity index (χ1) is 10.8. The number of hydrogen-bond donors (Lipinski definition) is 3. The summed E-state index contributed by atoms with van der Waals surface area (Å²) in [5.74, 6) is -0.000840. The molecule has 0 fully saturated rings. The monoisotopic (exact) mass is 321 g/mol. The minimum atomic E-state index is -0.500. The van der Waals surface area contributed by atoms with Crippen molar-refractivity contribution in [1.82, 2.24) is 10.6 Å². The van der Waals surface area contributed by atoms with E-state index >= 15 is 0 Å². The lowest BCUT2D eigenvalue weighted by atomic mass is 10.1. The van der Waals surface area contributed by atoms with E-state index < -0.39 is 11.7 Å². The van der Waals surface area contributed by atoms with Crippen LogP contribution in [0.4, 0.5) is 10.5 Å². The van der Waals surface area contributed by atoms with Gasteiger partial charge in [-0.2, -0.15) is 0 Å². The zero-order chi connectivity index (χ0) is 17.3. The number of aryl methyl sites for hydroxylation is 1. The summed E-state index contributed by atoms with van der Waals surface area (Å²) in [5.41, 5.74) is 6.92. The molecule has 0 aliphatic carbocycles. The molecular weight excluding hydrogens is 294 g/mol. The third-order valence-corrected chi connectivity index (χ3v) is 2.96. The quantitative estimate of drug-likeness (QED) is 0.530. The molecule has 128 valence electrons. The number of rotatable bonds is 7. The van der Waals surface area contributed by atoms with Gasteiger partial charge in [-0.15, -0.1) is 0 Å². The van der Waals surface area contributed by atoms with Crippen molar-refractivity contribution in [3.8, 4) is 0 Å². The lowest BCUT2D eigenvalue weighted by molar-refractivity contribution is -0.121. The molecule has 0 atom stereocenters. The maximum Gasteiger partial charge on any atom is 0.407 e. The largest absolute Gasteiger partial charge is 0.444 e. The van der Waals surface area contributed by atoms with Crippen molar-refractivity contribution in [2.45, 2.75) is 45.6 Å². The van der Waals surface area contributed by atoms with Crippen LogP contribution in [0.25, 0.3) is 0 Å². The third-order valence-electron chi connectivity index (χ3n) is 2.96. The van der Waals surface area contributed by atoms with Gasteiger partial charge in [0.25, 0.3) is 0 Å². The highest BCUT2D eigenvalue weighted by atomic mass is 16.6. The van der Waals surface area contributed by atoms with Gasteiger partial charge in [0.2, 0.25) is 5.91 Å². The van der Waals surface area contributed by atoms with E-state index in [1.165, 1.54) is 0 Å². The molecule has 0 bridgehead atoms. The average Bonchev–Trinajstić information content (AvgIpc) is 2.44. The van der Waals surface area contributed by atoms with E-state index in [0.717, 1.165) is 11.3 Å².